The summed E-state index contributed by atoms with van der Waals surface area (Å²) in [5.74, 6) is 0. The van der Waals surface area contributed by atoms with Gasteiger partial charge in [-0.05, 0) is 37.2 Å². The highest BCUT2D eigenvalue weighted by Gasteiger charge is 2.14. The number of hydrogen-bond donors (Lipinski definition) is 0. The molecule has 1 aliphatic rings. The summed E-state index contributed by atoms with van der Waals surface area (Å²) in [5, 5.41) is 3.66. The number of nitrogens with zero attached hydrogens (tertiary/aromatic N) is 5. The number of anilines is 1. The number of aryl methyl sites for hydroxylation is 1. The second-order valence-corrected chi connectivity index (χ2v) is 4.45. The Balaban J connectivity index is 2.17. The van der Waals surface area contributed by atoms with Crippen molar-refractivity contribution in [3.8, 4) is 0 Å². The zero-order valence-electron chi connectivity index (χ0n) is 10.3. The second kappa shape index (κ2) is 5.08. The van der Waals surface area contributed by atoms with Gasteiger partial charge in [0, 0.05) is 42.5 Å². The van der Waals surface area contributed by atoms with Gasteiger partial charge in [0.2, 0.25) is 0 Å². The van der Waals surface area contributed by atoms with Crippen LogP contribution in [-0.2, 0) is 0 Å². The van der Waals surface area contributed by atoms with Gasteiger partial charge in [0.15, 0.2) is 0 Å². The van der Waals surface area contributed by atoms with Crippen LogP contribution in [0.1, 0.15) is 5.56 Å². The number of rotatable bonds is 2. The van der Waals surface area contributed by atoms with Crippen molar-refractivity contribution in [3.63, 3.8) is 0 Å². The van der Waals surface area contributed by atoms with Crippen LogP contribution in [0.25, 0.3) is 10.4 Å². The summed E-state index contributed by atoms with van der Waals surface area (Å²) in [4.78, 5) is 7.52. The molecule has 0 saturated carbocycles. The van der Waals surface area contributed by atoms with E-state index in [1.165, 1.54) is 5.69 Å². The highest BCUT2D eigenvalue weighted by molar-refractivity contribution is 5.57. The highest BCUT2D eigenvalue weighted by Crippen LogP contribution is 2.25. The third-order valence-corrected chi connectivity index (χ3v) is 3.20. The van der Waals surface area contributed by atoms with E-state index in [4.69, 9.17) is 5.53 Å². The second-order valence-electron chi connectivity index (χ2n) is 4.45. The van der Waals surface area contributed by atoms with E-state index in [0.29, 0.717) is 5.69 Å². The molecule has 0 atom stereocenters. The molecule has 0 unspecified atom stereocenters. The van der Waals surface area contributed by atoms with E-state index in [0.717, 1.165) is 31.7 Å². The van der Waals surface area contributed by atoms with Crippen molar-refractivity contribution >= 4 is 11.4 Å². The Kier molecular flexibility index (Phi) is 3.52. The van der Waals surface area contributed by atoms with E-state index in [1.807, 2.05) is 19.1 Å². The van der Waals surface area contributed by atoms with Crippen LogP contribution in [0.3, 0.4) is 0 Å². The SMILES string of the molecule is Cc1cc(N2CCN(C)CC2)ccc1N=[N+]=[N-]. The van der Waals surface area contributed by atoms with Gasteiger partial charge in [-0.2, -0.15) is 0 Å². The molecule has 2 rings (SSSR count). The molecule has 1 heterocycles. The van der Waals surface area contributed by atoms with Crippen molar-refractivity contribution in [2.45, 2.75) is 6.92 Å². The summed E-state index contributed by atoms with van der Waals surface area (Å²) in [6, 6.07) is 6.01. The Labute approximate surface area is 101 Å². The summed E-state index contributed by atoms with van der Waals surface area (Å²) < 4.78 is 0. The maximum atomic E-state index is 8.43. The third-order valence-electron chi connectivity index (χ3n) is 3.20. The van der Waals surface area contributed by atoms with Crippen LogP contribution in [0.4, 0.5) is 11.4 Å². The van der Waals surface area contributed by atoms with Crippen molar-refractivity contribution in [2.24, 2.45) is 5.11 Å². The molecule has 90 valence electrons. The maximum Gasteiger partial charge on any atom is 0.0406 e. The van der Waals surface area contributed by atoms with E-state index < -0.39 is 0 Å². The fourth-order valence-electron chi connectivity index (χ4n) is 2.06. The molecule has 17 heavy (non-hydrogen) atoms. The fraction of sp³-hybridized carbons (Fsp3) is 0.500. The molecule has 0 radical (unpaired) electrons. The van der Waals surface area contributed by atoms with E-state index in [9.17, 15) is 0 Å². The Morgan fingerprint density at radius 1 is 1.24 bits per heavy atom. The molecular weight excluding hydrogens is 214 g/mol. The zero-order chi connectivity index (χ0) is 12.3. The zero-order valence-corrected chi connectivity index (χ0v) is 10.3. The average Bonchev–Trinajstić information content (AvgIpc) is 2.33. The average molecular weight is 231 g/mol. The largest absolute Gasteiger partial charge is 0.369 e. The first-order valence-electron chi connectivity index (χ1n) is 5.80. The van der Waals surface area contributed by atoms with Gasteiger partial charge in [0.25, 0.3) is 0 Å². The van der Waals surface area contributed by atoms with Crippen molar-refractivity contribution in [2.75, 3.05) is 38.1 Å². The lowest BCUT2D eigenvalue weighted by Gasteiger charge is -2.34. The van der Waals surface area contributed by atoms with E-state index in [-0.39, 0.29) is 0 Å². The Hall–Kier alpha value is -1.71. The first-order valence-corrected chi connectivity index (χ1v) is 5.80. The molecule has 1 aliphatic heterocycles. The summed E-state index contributed by atoms with van der Waals surface area (Å²) in [6.07, 6.45) is 0. The summed E-state index contributed by atoms with van der Waals surface area (Å²) in [6.45, 7) is 6.27. The van der Waals surface area contributed by atoms with Crippen LogP contribution < -0.4 is 4.90 Å². The monoisotopic (exact) mass is 231 g/mol. The van der Waals surface area contributed by atoms with Crippen molar-refractivity contribution in [3.05, 3.63) is 34.2 Å². The molecule has 5 heteroatoms. The van der Waals surface area contributed by atoms with Gasteiger partial charge in [-0.1, -0.05) is 11.2 Å². The standard InChI is InChI=1S/C12H17N5/c1-10-9-11(3-4-12(10)14-15-13)17-7-5-16(2)6-8-17/h3-4,9H,5-8H2,1-2H3. The van der Waals surface area contributed by atoms with Gasteiger partial charge in [0.05, 0.1) is 0 Å². The topological polar surface area (TPSA) is 55.2 Å². The molecule has 0 aromatic heterocycles. The van der Waals surface area contributed by atoms with Gasteiger partial charge in [-0.15, -0.1) is 0 Å². The van der Waals surface area contributed by atoms with Crippen molar-refractivity contribution in [1.29, 1.82) is 0 Å². The van der Waals surface area contributed by atoms with Gasteiger partial charge in [-0.25, -0.2) is 0 Å². The van der Waals surface area contributed by atoms with Crippen LogP contribution in [0, 0.1) is 6.92 Å². The molecule has 1 aromatic carbocycles. The number of piperazine rings is 1. The molecule has 0 amide bonds. The third kappa shape index (κ3) is 2.70. The lowest BCUT2D eigenvalue weighted by atomic mass is 10.1. The van der Waals surface area contributed by atoms with E-state index >= 15 is 0 Å². The Morgan fingerprint density at radius 2 is 1.94 bits per heavy atom. The predicted octanol–water partition coefficient (Wildman–Crippen LogP) is 2.69. The minimum Gasteiger partial charge on any atom is -0.369 e. The highest BCUT2D eigenvalue weighted by atomic mass is 15.2. The fourth-order valence-corrected chi connectivity index (χ4v) is 2.06. The number of likely N-dealkylation sites (N-methyl/N-ethyl adjacent to an activating group) is 1. The minimum absolute atomic E-state index is 0.713. The Bertz CT molecular complexity index is 442. The molecular formula is C12H17N5. The lowest BCUT2D eigenvalue weighted by molar-refractivity contribution is 0.313. The van der Waals surface area contributed by atoms with Crippen LogP contribution in [0.5, 0.6) is 0 Å². The predicted molar refractivity (Wildman–Crippen MR) is 69.7 cm³/mol. The van der Waals surface area contributed by atoms with Crippen LogP contribution in [-0.4, -0.2) is 38.1 Å². The molecule has 0 N–H and O–H groups in total. The molecule has 0 aliphatic carbocycles. The number of benzene rings is 1. The lowest BCUT2D eigenvalue weighted by Crippen LogP contribution is -2.44. The number of hydrogen-bond acceptors (Lipinski definition) is 3. The summed E-state index contributed by atoms with van der Waals surface area (Å²) in [5.41, 5.74) is 11.4. The minimum atomic E-state index is 0.713. The molecule has 1 fully saturated rings. The molecule has 0 bridgehead atoms. The molecule has 5 nitrogen and oxygen atoms in total. The first-order chi connectivity index (χ1) is 8.20. The smallest absolute Gasteiger partial charge is 0.0406 e. The Morgan fingerprint density at radius 3 is 2.53 bits per heavy atom. The van der Waals surface area contributed by atoms with Crippen LogP contribution in [0.2, 0.25) is 0 Å². The van der Waals surface area contributed by atoms with Crippen LogP contribution >= 0.6 is 0 Å². The maximum absolute atomic E-state index is 8.43. The number of azide groups is 1. The first kappa shape index (κ1) is 11.8. The van der Waals surface area contributed by atoms with E-state index in [2.05, 4.69) is 32.9 Å². The summed E-state index contributed by atoms with van der Waals surface area (Å²) >= 11 is 0. The van der Waals surface area contributed by atoms with Crippen LogP contribution in [0.15, 0.2) is 23.3 Å². The normalized spacial score (nSPS) is 16.7. The molecule has 0 spiro atoms. The van der Waals surface area contributed by atoms with Crippen molar-refractivity contribution < 1.29 is 0 Å². The molecule has 1 saturated heterocycles. The van der Waals surface area contributed by atoms with E-state index in [1.54, 1.807) is 0 Å². The molecule has 1 aromatic rings. The van der Waals surface area contributed by atoms with Gasteiger partial charge < -0.3 is 9.80 Å². The van der Waals surface area contributed by atoms with Gasteiger partial charge in [0.1, 0.15) is 0 Å². The van der Waals surface area contributed by atoms with Gasteiger partial charge in [-0.3, -0.25) is 0 Å². The van der Waals surface area contributed by atoms with Gasteiger partial charge >= 0.3 is 0 Å². The van der Waals surface area contributed by atoms with Crippen molar-refractivity contribution in [1.82, 2.24) is 4.90 Å². The summed E-state index contributed by atoms with van der Waals surface area (Å²) in [7, 11) is 2.15. The quantitative estimate of drug-likeness (QED) is 0.446.